The molecule has 1 atom stereocenters. The average Bonchev–Trinajstić information content (AvgIpc) is 3.39. The predicted octanol–water partition coefficient (Wildman–Crippen LogP) is 1.94. The van der Waals surface area contributed by atoms with Gasteiger partial charge in [-0.05, 0) is 63.7 Å². The van der Waals surface area contributed by atoms with Crippen molar-refractivity contribution in [1.82, 2.24) is 34.9 Å². The Balaban J connectivity index is 1.35. The molecular weight excluding hydrogens is 318 g/mol. The van der Waals surface area contributed by atoms with Crippen molar-refractivity contribution in [2.75, 3.05) is 13.1 Å². The summed E-state index contributed by atoms with van der Waals surface area (Å²) in [5, 5.41) is 17.4. The molecule has 1 fully saturated rings. The molecule has 3 aromatic heterocycles. The highest BCUT2D eigenvalue weighted by molar-refractivity contribution is 5.43. The van der Waals surface area contributed by atoms with Crippen LogP contribution >= 0.6 is 0 Å². The molecule has 5 rings (SSSR count). The summed E-state index contributed by atoms with van der Waals surface area (Å²) < 4.78 is 7.19. The van der Waals surface area contributed by atoms with Gasteiger partial charge in [-0.25, -0.2) is 0 Å². The van der Waals surface area contributed by atoms with E-state index in [1.54, 1.807) is 0 Å². The first kappa shape index (κ1) is 14.9. The van der Waals surface area contributed by atoms with Crippen molar-refractivity contribution in [2.24, 2.45) is 0 Å². The highest BCUT2D eigenvalue weighted by Gasteiger charge is 2.29. The monoisotopic (exact) mass is 339 g/mol. The second-order valence-corrected chi connectivity index (χ2v) is 7.06. The molecule has 0 bridgehead atoms. The molecule has 0 amide bonds. The number of nitrogens with zero attached hydrogens (tertiary/aromatic N) is 7. The third-order valence-electron chi connectivity index (χ3n) is 5.62. The molecule has 1 aliphatic carbocycles. The molecule has 8 heteroatoms. The van der Waals surface area contributed by atoms with E-state index in [9.17, 15) is 0 Å². The van der Waals surface area contributed by atoms with Crippen LogP contribution in [0.25, 0.3) is 5.65 Å². The summed E-state index contributed by atoms with van der Waals surface area (Å²) in [5.41, 5.74) is 3.45. The van der Waals surface area contributed by atoms with Crippen molar-refractivity contribution in [3.8, 4) is 0 Å². The zero-order valence-electron chi connectivity index (χ0n) is 14.3. The van der Waals surface area contributed by atoms with Crippen LogP contribution in [0.3, 0.4) is 0 Å². The molecule has 0 radical (unpaired) electrons. The van der Waals surface area contributed by atoms with Crippen molar-refractivity contribution in [1.29, 1.82) is 0 Å². The Morgan fingerprint density at radius 3 is 2.88 bits per heavy atom. The lowest BCUT2D eigenvalue weighted by atomic mass is 9.95. The second-order valence-electron chi connectivity index (χ2n) is 7.06. The molecule has 2 aliphatic rings. The topological polar surface area (TPSA) is 85.2 Å². The van der Waals surface area contributed by atoms with Crippen LogP contribution in [0, 0.1) is 0 Å². The molecule has 0 aromatic carbocycles. The number of rotatable bonds is 3. The number of likely N-dealkylation sites (tertiary alicyclic amines) is 1. The third kappa shape index (κ3) is 2.52. The molecule has 1 unspecified atom stereocenters. The van der Waals surface area contributed by atoms with E-state index < -0.39 is 0 Å². The largest absolute Gasteiger partial charge is 0.338 e. The quantitative estimate of drug-likeness (QED) is 0.721. The van der Waals surface area contributed by atoms with Gasteiger partial charge >= 0.3 is 0 Å². The second kappa shape index (κ2) is 5.87. The number of hydrogen-bond acceptors (Lipinski definition) is 7. The molecule has 1 saturated heterocycles. The zero-order chi connectivity index (χ0) is 16.8. The van der Waals surface area contributed by atoms with E-state index in [0.717, 1.165) is 50.2 Å². The lowest BCUT2D eigenvalue weighted by Gasteiger charge is -2.33. The number of fused-ring (bicyclic) bond motifs is 2. The van der Waals surface area contributed by atoms with Gasteiger partial charge in [0.05, 0.1) is 11.7 Å². The Morgan fingerprint density at radius 1 is 1.20 bits per heavy atom. The van der Waals surface area contributed by atoms with Gasteiger partial charge in [0, 0.05) is 5.92 Å². The Morgan fingerprint density at radius 2 is 2.08 bits per heavy atom. The molecule has 1 aliphatic heterocycles. The van der Waals surface area contributed by atoms with Crippen molar-refractivity contribution < 1.29 is 4.52 Å². The highest BCUT2D eigenvalue weighted by atomic mass is 16.5. The normalized spacial score (nSPS) is 20.2. The maximum absolute atomic E-state index is 5.21. The van der Waals surface area contributed by atoms with Gasteiger partial charge in [-0.3, -0.25) is 4.90 Å². The first-order valence-electron chi connectivity index (χ1n) is 9.04. The smallest absolute Gasteiger partial charge is 0.243 e. The fourth-order valence-electron chi connectivity index (χ4n) is 4.12. The van der Waals surface area contributed by atoms with Crippen LogP contribution in [0.15, 0.2) is 16.9 Å². The Labute approximate surface area is 145 Å². The van der Waals surface area contributed by atoms with E-state index in [-0.39, 0.29) is 6.04 Å². The highest BCUT2D eigenvalue weighted by Crippen LogP contribution is 2.31. The first-order chi connectivity index (χ1) is 12.3. The van der Waals surface area contributed by atoms with E-state index in [1.807, 2.05) is 4.52 Å². The fraction of sp³-hybridized carbons (Fsp3) is 0.588. The lowest BCUT2D eigenvalue weighted by molar-refractivity contribution is 0.134. The van der Waals surface area contributed by atoms with E-state index in [1.165, 1.54) is 24.0 Å². The van der Waals surface area contributed by atoms with Crippen molar-refractivity contribution >= 4 is 5.65 Å². The Kier molecular flexibility index (Phi) is 3.51. The molecule has 25 heavy (non-hydrogen) atoms. The molecule has 0 spiro atoms. The summed E-state index contributed by atoms with van der Waals surface area (Å²) in [7, 11) is 0. The minimum atomic E-state index is 0.153. The summed E-state index contributed by atoms with van der Waals surface area (Å²) in [6.45, 7) is 4.08. The molecule has 4 heterocycles. The van der Waals surface area contributed by atoms with Crippen molar-refractivity contribution in [3.05, 3.63) is 35.4 Å². The Bertz CT molecular complexity index is 880. The van der Waals surface area contributed by atoms with E-state index in [4.69, 9.17) is 9.62 Å². The van der Waals surface area contributed by atoms with Crippen molar-refractivity contribution in [3.63, 3.8) is 0 Å². The van der Waals surface area contributed by atoms with E-state index in [0.29, 0.717) is 11.8 Å². The molecular formula is C17H21N7O. The number of aryl methyl sites for hydroxylation is 2. The van der Waals surface area contributed by atoms with Gasteiger partial charge < -0.3 is 4.52 Å². The van der Waals surface area contributed by atoms with Gasteiger partial charge in [-0.2, -0.15) is 14.6 Å². The van der Waals surface area contributed by atoms with Crippen LogP contribution in [0.4, 0.5) is 0 Å². The van der Waals surface area contributed by atoms with Crippen LogP contribution in [0.1, 0.15) is 61.1 Å². The van der Waals surface area contributed by atoms with E-state index in [2.05, 4.69) is 38.2 Å². The number of piperidine rings is 1. The van der Waals surface area contributed by atoms with E-state index >= 15 is 0 Å². The van der Waals surface area contributed by atoms with Gasteiger partial charge in [-0.15, -0.1) is 10.2 Å². The van der Waals surface area contributed by atoms with Gasteiger partial charge in [0.15, 0.2) is 17.8 Å². The maximum atomic E-state index is 5.21. The molecule has 0 N–H and O–H groups in total. The minimum Gasteiger partial charge on any atom is -0.338 e. The SMILES string of the molecule is CC(c1ncno1)N1CCC(c2nnc3cc4c(nn23)CCC4)CC1. The van der Waals surface area contributed by atoms with Crippen LogP contribution in [-0.4, -0.2) is 47.9 Å². The van der Waals surface area contributed by atoms with Crippen LogP contribution in [0.2, 0.25) is 0 Å². The van der Waals surface area contributed by atoms with Gasteiger partial charge in [0.2, 0.25) is 5.89 Å². The lowest BCUT2D eigenvalue weighted by Crippen LogP contribution is -2.35. The van der Waals surface area contributed by atoms with Gasteiger partial charge in [-0.1, -0.05) is 5.16 Å². The summed E-state index contributed by atoms with van der Waals surface area (Å²) in [6.07, 6.45) is 6.93. The number of hydrogen-bond donors (Lipinski definition) is 0. The number of aromatic nitrogens is 6. The zero-order valence-corrected chi connectivity index (χ0v) is 14.3. The van der Waals surface area contributed by atoms with Crippen LogP contribution in [-0.2, 0) is 12.8 Å². The third-order valence-corrected chi connectivity index (χ3v) is 5.62. The average molecular weight is 339 g/mol. The first-order valence-corrected chi connectivity index (χ1v) is 9.04. The maximum Gasteiger partial charge on any atom is 0.243 e. The fourth-order valence-corrected chi connectivity index (χ4v) is 4.12. The van der Waals surface area contributed by atoms with Crippen LogP contribution < -0.4 is 0 Å². The summed E-state index contributed by atoms with van der Waals surface area (Å²) >= 11 is 0. The molecule has 130 valence electrons. The summed E-state index contributed by atoms with van der Waals surface area (Å²) in [5.74, 6) is 2.09. The molecule has 0 saturated carbocycles. The summed E-state index contributed by atoms with van der Waals surface area (Å²) in [4.78, 5) is 6.57. The Hall–Kier alpha value is -2.35. The van der Waals surface area contributed by atoms with Gasteiger partial charge in [0.1, 0.15) is 0 Å². The van der Waals surface area contributed by atoms with Crippen molar-refractivity contribution in [2.45, 2.75) is 51.0 Å². The molecule has 3 aromatic rings. The summed E-state index contributed by atoms with van der Waals surface area (Å²) in [6, 6.07) is 2.32. The van der Waals surface area contributed by atoms with Gasteiger partial charge in [0.25, 0.3) is 0 Å². The molecule has 8 nitrogen and oxygen atoms in total. The minimum absolute atomic E-state index is 0.153. The standard InChI is InChI=1S/C17H21N7O/c1-11(17-18-10-19-25-17)23-7-5-12(6-8-23)16-21-20-15-9-13-3-2-4-14(13)22-24(15)16/h9-12H,2-8H2,1H3. The van der Waals surface area contributed by atoms with Crippen LogP contribution in [0.5, 0.6) is 0 Å². The predicted molar refractivity (Wildman–Crippen MR) is 89.1 cm³/mol.